The number of benzene rings is 1. The van der Waals surface area contributed by atoms with Gasteiger partial charge in [0.25, 0.3) is 5.91 Å². The molecule has 0 aliphatic carbocycles. The third kappa shape index (κ3) is 4.76. The summed E-state index contributed by atoms with van der Waals surface area (Å²) in [5.74, 6) is -0.499. The quantitative estimate of drug-likeness (QED) is 0.518. The number of carbonyl (C=O) groups excluding carboxylic acids is 3. The minimum absolute atomic E-state index is 0.112. The molecule has 0 saturated carbocycles. The number of nitrogens with one attached hydrogen (secondary N) is 1. The largest absolute Gasteiger partial charge is 0.501 e. The van der Waals surface area contributed by atoms with Gasteiger partial charge in [0.05, 0.1) is 0 Å². The number of nitrogens with zero attached hydrogens (tertiary/aromatic N) is 2. The summed E-state index contributed by atoms with van der Waals surface area (Å²) in [6, 6.07) is 5.44. The van der Waals surface area contributed by atoms with Crippen molar-refractivity contribution in [2.24, 2.45) is 0 Å². The zero-order chi connectivity index (χ0) is 21.0. The van der Waals surface area contributed by atoms with Gasteiger partial charge < -0.3 is 10.1 Å². The lowest BCUT2D eigenvalue weighted by Gasteiger charge is -2.24. The Kier molecular flexibility index (Phi) is 6.87. The maximum atomic E-state index is 13.1. The number of hydrogen-bond donors (Lipinski definition) is 1. The normalized spacial score (nSPS) is 18.4. The van der Waals surface area contributed by atoms with Gasteiger partial charge >= 0.3 is 11.9 Å². The predicted octanol–water partition coefficient (Wildman–Crippen LogP) is 2.00. The molecule has 1 aromatic carbocycles. The van der Waals surface area contributed by atoms with E-state index in [4.69, 9.17) is 4.74 Å². The summed E-state index contributed by atoms with van der Waals surface area (Å²) in [6.45, 7) is 5.13. The molecule has 2 heterocycles. The van der Waals surface area contributed by atoms with Crippen LogP contribution < -0.4 is 5.32 Å². The molecule has 0 spiro atoms. The maximum Gasteiger partial charge on any atom is 0.501 e. The first-order valence-electron chi connectivity index (χ1n) is 9.56. The lowest BCUT2D eigenvalue weighted by molar-refractivity contribution is -0.427. The zero-order valence-corrected chi connectivity index (χ0v) is 17.8. The van der Waals surface area contributed by atoms with E-state index in [9.17, 15) is 14.4 Å². The van der Waals surface area contributed by atoms with E-state index in [1.165, 1.54) is 21.2 Å². The number of fused-ring (bicyclic) bond motifs is 1. The van der Waals surface area contributed by atoms with Gasteiger partial charge in [-0.3, -0.25) is 4.79 Å². The molecule has 8 heteroatoms. The standard InChI is InChI=1S/C21H25N3O4S/c1-14-5-6-16(11-15(14)2)12-24-20(26)19-17(7-10-29-19)23(21(24)27)13-18(25)22-8-4-9-28-3/h5-7,10-11,19H,4,8-9,12-13H2,1-3H3/p+1. The van der Waals surface area contributed by atoms with Crippen LogP contribution in [0.1, 0.15) is 23.1 Å². The van der Waals surface area contributed by atoms with Crippen molar-refractivity contribution in [3.05, 3.63) is 46.4 Å². The Morgan fingerprint density at radius 2 is 2.07 bits per heavy atom. The molecule has 2 aliphatic rings. The fraction of sp³-hybridized carbons (Fsp3) is 0.429. The van der Waals surface area contributed by atoms with Crippen LogP contribution in [0.2, 0.25) is 0 Å². The number of urea groups is 1. The number of thioether (sulfide) groups is 1. The van der Waals surface area contributed by atoms with Crippen molar-refractivity contribution in [2.75, 3.05) is 26.8 Å². The molecule has 1 N–H and O–H groups in total. The molecular formula is C21H26N3O4S+. The first-order valence-corrected chi connectivity index (χ1v) is 10.5. The van der Waals surface area contributed by atoms with Gasteiger partial charge in [-0.25, -0.2) is 4.79 Å². The Morgan fingerprint density at radius 1 is 1.28 bits per heavy atom. The van der Waals surface area contributed by atoms with Crippen LogP contribution in [0.3, 0.4) is 0 Å². The minimum atomic E-state index is -0.486. The van der Waals surface area contributed by atoms with Crippen molar-refractivity contribution in [1.29, 1.82) is 0 Å². The summed E-state index contributed by atoms with van der Waals surface area (Å²) in [4.78, 5) is 39.6. The SMILES string of the molecule is COCCCNC(=O)C[N+]1=C2C=CSC2C(=O)N(Cc2ccc(C)c(C)c2)C1=O. The van der Waals surface area contributed by atoms with Crippen LogP contribution in [0.5, 0.6) is 0 Å². The molecule has 0 bridgehead atoms. The van der Waals surface area contributed by atoms with Crippen LogP contribution in [0.15, 0.2) is 29.7 Å². The Bertz CT molecular complexity index is 894. The van der Waals surface area contributed by atoms with E-state index in [0.29, 0.717) is 25.3 Å². The Balaban J connectivity index is 1.78. The first-order chi connectivity index (χ1) is 13.9. The second kappa shape index (κ2) is 9.37. The van der Waals surface area contributed by atoms with E-state index in [2.05, 4.69) is 5.32 Å². The van der Waals surface area contributed by atoms with E-state index in [1.807, 2.05) is 32.0 Å². The van der Waals surface area contributed by atoms with E-state index in [0.717, 1.165) is 16.7 Å². The number of ether oxygens (including phenoxy) is 1. The summed E-state index contributed by atoms with van der Waals surface area (Å²) >= 11 is 1.36. The van der Waals surface area contributed by atoms with E-state index in [-0.39, 0.29) is 24.9 Å². The molecular weight excluding hydrogens is 390 g/mol. The molecule has 29 heavy (non-hydrogen) atoms. The monoisotopic (exact) mass is 416 g/mol. The molecule has 2 aliphatic heterocycles. The van der Waals surface area contributed by atoms with Crippen LogP contribution in [0.4, 0.5) is 4.79 Å². The van der Waals surface area contributed by atoms with Crippen LogP contribution in [-0.2, 0) is 20.9 Å². The van der Waals surface area contributed by atoms with Crippen molar-refractivity contribution in [1.82, 2.24) is 10.2 Å². The van der Waals surface area contributed by atoms with Crippen molar-refractivity contribution in [3.8, 4) is 0 Å². The molecule has 3 rings (SSSR count). The van der Waals surface area contributed by atoms with Gasteiger partial charge in [-0.05, 0) is 48.4 Å². The third-order valence-electron chi connectivity index (χ3n) is 5.05. The highest BCUT2D eigenvalue weighted by Crippen LogP contribution is 2.28. The minimum Gasteiger partial charge on any atom is -0.385 e. The number of amides is 4. The van der Waals surface area contributed by atoms with Crippen molar-refractivity contribution >= 4 is 35.3 Å². The smallest absolute Gasteiger partial charge is 0.385 e. The van der Waals surface area contributed by atoms with E-state index >= 15 is 0 Å². The second-order valence-electron chi connectivity index (χ2n) is 7.15. The Hall–Kier alpha value is -2.45. The molecule has 1 aromatic rings. The van der Waals surface area contributed by atoms with Gasteiger partial charge in [0.1, 0.15) is 12.3 Å². The number of hydrogen-bond acceptors (Lipinski definition) is 5. The van der Waals surface area contributed by atoms with Gasteiger partial charge in [0.2, 0.25) is 0 Å². The van der Waals surface area contributed by atoms with Gasteiger partial charge in [-0.2, -0.15) is 14.3 Å². The summed E-state index contributed by atoms with van der Waals surface area (Å²) in [5.41, 5.74) is 3.73. The fourth-order valence-electron chi connectivity index (χ4n) is 3.29. The lowest BCUT2D eigenvalue weighted by Crippen LogP contribution is -2.56. The third-order valence-corrected chi connectivity index (χ3v) is 6.06. The number of methoxy groups -OCH3 is 1. The van der Waals surface area contributed by atoms with Gasteiger partial charge in [0.15, 0.2) is 11.8 Å². The van der Waals surface area contributed by atoms with Crippen molar-refractivity contribution in [2.45, 2.75) is 32.1 Å². The molecule has 7 nitrogen and oxygen atoms in total. The van der Waals surface area contributed by atoms with Crippen molar-refractivity contribution in [3.63, 3.8) is 0 Å². The molecule has 0 saturated heterocycles. The van der Waals surface area contributed by atoms with E-state index < -0.39 is 11.3 Å². The summed E-state index contributed by atoms with van der Waals surface area (Å²) in [5, 5.41) is 4.11. The molecule has 1 unspecified atom stereocenters. The molecule has 0 fully saturated rings. The number of aryl methyl sites for hydroxylation is 2. The molecule has 154 valence electrons. The van der Waals surface area contributed by atoms with Crippen LogP contribution in [-0.4, -0.2) is 65.1 Å². The summed E-state index contributed by atoms with van der Waals surface area (Å²) < 4.78 is 6.38. The van der Waals surface area contributed by atoms with Gasteiger partial charge in [0, 0.05) is 20.3 Å². The molecule has 0 radical (unpaired) electrons. The Labute approximate surface area is 174 Å². The van der Waals surface area contributed by atoms with Gasteiger partial charge in [-0.15, -0.1) is 11.8 Å². The number of imide groups is 1. The predicted molar refractivity (Wildman–Crippen MR) is 112 cm³/mol. The average Bonchev–Trinajstić information content (AvgIpc) is 3.18. The molecule has 1 atom stereocenters. The Morgan fingerprint density at radius 3 is 2.79 bits per heavy atom. The highest BCUT2D eigenvalue weighted by molar-refractivity contribution is 8.04. The summed E-state index contributed by atoms with van der Waals surface area (Å²) in [6.07, 6.45) is 2.44. The second-order valence-corrected chi connectivity index (χ2v) is 8.17. The number of rotatable bonds is 8. The van der Waals surface area contributed by atoms with Crippen LogP contribution in [0.25, 0.3) is 0 Å². The fourth-order valence-corrected chi connectivity index (χ4v) is 4.25. The molecule has 0 aromatic heterocycles. The van der Waals surface area contributed by atoms with E-state index in [1.54, 1.807) is 18.6 Å². The van der Waals surface area contributed by atoms with Crippen molar-refractivity contribution < 1.29 is 23.7 Å². The highest BCUT2D eigenvalue weighted by atomic mass is 32.2. The molecule has 4 amide bonds. The van der Waals surface area contributed by atoms with Crippen LogP contribution >= 0.6 is 11.8 Å². The highest BCUT2D eigenvalue weighted by Gasteiger charge is 2.49. The number of allylic oxidation sites excluding steroid dienone is 1. The first kappa shape index (κ1) is 21.3. The van der Waals surface area contributed by atoms with Crippen LogP contribution in [0, 0.1) is 13.8 Å². The summed E-state index contributed by atoms with van der Waals surface area (Å²) in [7, 11) is 1.61. The zero-order valence-electron chi connectivity index (χ0n) is 16.9. The number of carbonyl (C=O) groups is 3. The van der Waals surface area contributed by atoms with Gasteiger partial charge in [-0.1, -0.05) is 18.2 Å². The average molecular weight is 417 g/mol. The topological polar surface area (TPSA) is 78.7 Å². The maximum absolute atomic E-state index is 13.1. The lowest BCUT2D eigenvalue weighted by atomic mass is 10.1.